The summed E-state index contributed by atoms with van der Waals surface area (Å²) in [5.41, 5.74) is 12.1. The molecule has 11 N–H and O–H groups in total. The predicted octanol–water partition coefficient (Wildman–Crippen LogP) is -1.95. The number of carboxylic acid groups (broad SMARTS) is 1. The lowest BCUT2D eigenvalue weighted by atomic mass is 10.0. The van der Waals surface area contributed by atoms with Crippen molar-refractivity contribution in [3.8, 4) is 5.75 Å². The number of aromatic hydroxyl groups is 1. The summed E-state index contributed by atoms with van der Waals surface area (Å²) in [5.74, 6) is -6.29. The van der Waals surface area contributed by atoms with E-state index in [2.05, 4.69) is 21.3 Å². The highest BCUT2D eigenvalue weighted by molar-refractivity contribution is 5.97. The van der Waals surface area contributed by atoms with Crippen molar-refractivity contribution in [2.75, 3.05) is 6.61 Å². The maximum absolute atomic E-state index is 13.4. The van der Waals surface area contributed by atoms with Gasteiger partial charge in [-0.2, -0.15) is 0 Å². The lowest BCUT2D eigenvalue weighted by molar-refractivity contribution is -0.141. The summed E-state index contributed by atoms with van der Waals surface area (Å²) in [6.07, 6.45) is -1.09. The van der Waals surface area contributed by atoms with Crippen molar-refractivity contribution >= 4 is 35.5 Å². The molecule has 0 heterocycles. The van der Waals surface area contributed by atoms with Crippen LogP contribution in [0.3, 0.4) is 0 Å². The first-order chi connectivity index (χ1) is 21.2. The van der Waals surface area contributed by atoms with Crippen LogP contribution in [0.5, 0.6) is 5.75 Å². The van der Waals surface area contributed by atoms with Gasteiger partial charge in [-0.1, -0.05) is 56.3 Å². The molecule has 0 spiro atoms. The average Bonchev–Trinajstić information content (AvgIpc) is 2.99. The molecule has 0 aliphatic rings. The quantitative estimate of drug-likeness (QED) is 0.0935. The maximum atomic E-state index is 13.4. The van der Waals surface area contributed by atoms with E-state index in [1.807, 2.05) is 0 Å². The van der Waals surface area contributed by atoms with Crippen LogP contribution in [0, 0.1) is 5.92 Å². The number of rotatable bonds is 17. The third kappa shape index (κ3) is 11.9. The van der Waals surface area contributed by atoms with E-state index in [9.17, 15) is 44.1 Å². The molecule has 15 heteroatoms. The highest BCUT2D eigenvalue weighted by Gasteiger charge is 2.33. The fraction of sp³-hybridized carbons (Fsp3) is 0.400. The Morgan fingerprint density at radius 2 is 1.18 bits per heavy atom. The maximum Gasteiger partial charge on any atom is 0.305 e. The van der Waals surface area contributed by atoms with Gasteiger partial charge in [0.15, 0.2) is 0 Å². The number of aliphatic hydroxyl groups excluding tert-OH is 1. The molecule has 0 aliphatic carbocycles. The Balaban J connectivity index is 2.34. The topological polar surface area (TPSA) is 263 Å². The van der Waals surface area contributed by atoms with Crippen LogP contribution in [0.4, 0.5) is 0 Å². The number of phenols is 1. The molecule has 15 nitrogen and oxygen atoms in total. The van der Waals surface area contributed by atoms with Crippen LogP contribution in [0.2, 0.25) is 0 Å². The summed E-state index contributed by atoms with van der Waals surface area (Å²) in [6, 6.07) is 7.43. The number of carbonyl (C=O) groups is 6. The van der Waals surface area contributed by atoms with Gasteiger partial charge in [-0.15, -0.1) is 0 Å². The number of carboxylic acids is 1. The zero-order chi connectivity index (χ0) is 33.7. The van der Waals surface area contributed by atoms with Crippen molar-refractivity contribution in [2.24, 2.45) is 17.4 Å². The highest BCUT2D eigenvalue weighted by atomic mass is 16.4. The van der Waals surface area contributed by atoms with Crippen molar-refractivity contribution in [3.63, 3.8) is 0 Å². The Labute approximate surface area is 259 Å². The first-order valence-corrected chi connectivity index (χ1v) is 14.1. The van der Waals surface area contributed by atoms with Gasteiger partial charge < -0.3 is 48.1 Å². The van der Waals surface area contributed by atoms with E-state index < -0.39 is 78.7 Å². The van der Waals surface area contributed by atoms with Gasteiger partial charge in [-0.3, -0.25) is 28.8 Å². The minimum absolute atomic E-state index is 0.0473. The van der Waals surface area contributed by atoms with Gasteiger partial charge in [0.1, 0.15) is 36.0 Å². The number of hydrogen-bond donors (Lipinski definition) is 9. The number of benzene rings is 2. The van der Waals surface area contributed by atoms with Crippen LogP contribution in [-0.4, -0.2) is 87.6 Å². The minimum Gasteiger partial charge on any atom is -0.508 e. The summed E-state index contributed by atoms with van der Waals surface area (Å²) < 4.78 is 0. The molecule has 2 aromatic carbocycles. The molecule has 0 aromatic heterocycles. The Bertz CT molecular complexity index is 1340. The van der Waals surface area contributed by atoms with Gasteiger partial charge in [0.25, 0.3) is 0 Å². The van der Waals surface area contributed by atoms with E-state index in [1.54, 1.807) is 44.2 Å². The fourth-order valence-electron chi connectivity index (χ4n) is 4.25. The number of hydrogen-bond acceptors (Lipinski definition) is 9. The second-order valence-corrected chi connectivity index (χ2v) is 10.8. The number of carbonyl (C=O) groups excluding carboxylic acids is 5. The minimum atomic E-state index is -1.70. The zero-order valence-corrected chi connectivity index (χ0v) is 24.9. The third-order valence-corrected chi connectivity index (χ3v) is 6.74. The Morgan fingerprint density at radius 1 is 0.711 bits per heavy atom. The molecular weight excluding hydrogens is 588 g/mol. The van der Waals surface area contributed by atoms with Crippen molar-refractivity contribution in [3.05, 3.63) is 65.7 Å². The Morgan fingerprint density at radius 3 is 1.67 bits per heavy atom. The molecule has 0 fully saturated rings. The third-order valence-electron chi connectivity index (χ3n) is 6.74. The molecule has 0 saturated carbocycles. The fourth-order valence-corrected chi connectivity index (χ4v) is 4.25. The van der Waals surface area contributed by atoms with Gasteiger partial charge in [-0.05, 0) is 29.2 Å². The summed E-state index contributed by atoms with van der Waals surface area (Å²) in [5, 5.41) is 38.0. The lowest BCUT2D eigenvalue weighted by Gasteiger charge is -2.27. The molecule has 244 valence electrons. The van der Waals surface area contributed by atoms with Crippen LogP contribution in [-0.2, 0) is 41.6 Å². The van der Waals surface area contributed by atoms with Crippen molar-refractivity contribution in [1.82, 2.24) is 21.3 Å². The van der Waals surface area contributed by atoms with Crippen LogP contribution >= 0.6 is 0 Å². The normalized spacial score (nSPS) is 14.2. The molecule has 5 atom stereocenters. The van der Waals surface area contributed by atoms with E-state index in [4.69, 9.17) is 11.5 Å². The molecular formula is C30H40N6O9. The predicted molar refractivity (Wildman–Crippen MR) is 161 cm³/mol. The molecule has 5 amide bonds. The van der Waals surface area contributed by atoms with Crippen LogP contribution in [0.1, 0.15) is 31.4 Å². The zero-order valence-electron chi connectivity index (χ0n) is 24.9. The number of aliphatic carboxylic acids is 1. The number of aliphatic hydroxyl groups is 1. The Hall–Kier alpha value is -5.02. The Kier molecular flexibility index (Phi) is 13.9. The van der Waals surface area contributed by atoms with E-state index in [0.717, 1.165) is 0 Å². The lowest BCUT2D eigenvalue weighted by Crippen LogP contribution is -2.60. The van der Waals surface area contributed by atoms with Crippen molar-refractivity contribution < 1.29 is 44.1 Å². The van der Waals surface area contributed by atoms with Crippen LogP contribution in [0.15, 0.2) is 54.6 Å². The van der Waals surface area contributed by atoms with Gasteiger partial charge in [0.2, 0.25) is 29.5 Å². The molecule has 45 heavy (non-hydrogen) atoms. The average molecular weight is 629 g/mol. The molecule has 0 saturated heterocycles. The molecule has 2 aromatic rings. The number of phenolic OH excluding ortho intramolecular Hbond substituents is 1. The van der Waals surface area contributed by atoms with Crippen LogP contribution < -0.4 is 32.7 Å². The summed E-state index contributed by atoms with van der Waals surface area (Å²) in [4.78, 5) is 76.2. The van der Waals surface area contributed by atoms with Gasteiger partial charge in [-0.25, -0.2) is 0 Å². The largest absolute Gasteiger partial charge is 0.508 e. The molecule has 0 radical (unpaired) electrons. The summed E-state index contributed by atoms with van der Waals surface area (Å²) in [7, 11) is 0. The standard InChI is InChI=1S/C30H40N6O9/c1-16(2)25(26(32)41)36-30(45)22(12-17-6-4-3-5-7-17)34-29(44)23(14-24(39)40)35-28(43)21(33-27(42)20(31)15-37)13-18-8-10-19(38)11-9-18/h3-11,16,20-23,25,37-38H,12-15,31H2,1-2H3,(H2,32,41)(H,33,42)(H,34,44)(H,35,43)(H,36,45)(H,39,40)/t20-,21-,22-,23-,25-/m0/s1. The van der Waals surface area contributed by atoms with Gasteiger partial charge in [0, 0.05) is 12.8 Å². The van der Waals surface area contributed by atoms with Gasteiger partial charge in [0.05, 0.1) is 13.0 Å². The summed E-state index contributed by atoms with van der Waals surface area (Å²) >= 11 is 0. The highest BCUT2D eigenvalue weighted by Crippen LogP contribution is 2.12. The van der Waals surface area contributed by atoms with E-state index >= 15 is 0 Å². The molecule has 2 rings (SSSR count). The monoisotopic (exact) mass is 628 g/mol. The molecule has 0 aliphatic heterocycles. The molecule has 0 bridgehead atoms. The smallest absolute Gasteiger partial charge is 0.305 e. The number of nitrogens with one attached hydrogen (secondary N) is 4. The SMILES string of the molecule is CC(C)[C@H](NC(=O)[C@H](Cc1ccccc1)NC(=O)[C@H](CC(=O)O)NC(=O)[C@H](Cc1ccc(O)cc1)NC(=O)[C@@H](N)CO)C(N)=O. The van der Waals surface area contributed by atoms with E-state index in [-0.39, 0.29) is 24.5 Å². The van der Waals surface area contributed by atoms with Crippen molar-refractivity contribution in [2.45, 2.75) is 63.3 Å². The van der Waals surface area contributed by atoms with Crippen LogP contribution in [0.25, 0.3) is 0 Å². The van der Waals surface area contributed by atoms with Gasteiger partial charge >= 0.3 is 5.97 Å². The molecule has 0 unspecified atom stereocenters. The second kappa shape index (κ2) is 17.3. The summed E-state index contributed by atoms with van der Waals surface area (Å²) in [6.45, 7) is 2.61. The van der Waals surface area contributed by atoms with Crippen molar-refractivity contribution in [1.29, 1.82) is 0 Å². The number of amides is 5. The van der Waals surface area contributed by atoms with E-state index in [0.29, 0.717) is 11.1 Å². The van der Waals surface area contributed by atoms with E-state index in [1.165, 1.54) is 24.3 Å². The number of primary amides is 1. The first-order valence-electron chi connectivity index (χ1n) is 14.1. The first kappa shape index (κ1) is 36.2. The second-order valence-electron chi connectivity index (χ2n) is 10.8. The number of nitrogens with two attached hydrogens (primary N) is 2.